The second-order valence-electron chi connectivity index (χ2n) is 4.90. The standard InChI is InChI=1S/C11H23N3O.ClH/c1-11(5-4-6-12-9-11)10(15)13-7-8-14(2)3;/h12H,4-9H2,1-3H3,(H,13,15);1H. The molecule has 1 amide bonds. The Labute approximate surface area is 105 Å². The molecule has 16 heavy (non-hydrogen) atoms. The van der Waals surface area contributed by atoms with Crippen LogP contribution in [0.2, 0.25) is 0 Å². The zero-order valence-electron chi connectivity index (χ0n) is 10.5. The van der Waals surface area contributed by atoms with E-state index >= 15 is 0 Å². The molecule has 0 aromatic rings. The molecule has 0 aliphatic carbocycles. The van der Waals surface area contributed by atoms with Crippen LogP contribution in [0.25, 0.3) is 0 Å². The highest BCUT2D eigenvalue weighted by molar-refractivity contribution is 5.85. The van der Waals surface area contributed by atoms with Gasteiger partial charge in [0.1, 0.15) is 0 Å². The van der Waals surface area contributed by atoms with Gasteiger partial charge in [0, 0.05) is 19.6 Å². The van der Waals surface area contributed by atoms with Crippen LogP contribution in [0.15, 0.2) is 0 Å². The molecule has 1 atom stereocenters. The Morgan fingerprint density at radius 1 is 1.50 bits per heavy atom. The highest BCUT2D eigenvalue weighted by atomic mass is 35.5. The van der Waals surface area contributed by atoms with Gasteiger partial charge < -0.3 is 15.5 Å². The molecule has 1 unspecified atom stereocenters. The molecule has 0 aromatic heterocycles. The average molecular weight is 250 g/mol. The van der Waals surface area contributed by atoms with Crippen LogP contribution < -0.4 is 10.6 Å². The van der Waals surface area contributed by atoms with E-state index < -0.39 is 0 Å². The lowest BCUT2D eigenvalue weighted by Gasteiger charge is -2.32. The Bertz CT molecular complexity index is 215. The van der Waals surface area contributed by atoms with Crippen molar-refractivity contribution in [2.24, 2.45) is 5.41 Å². The van der Waals surface area contributed by atoms with Crippen LogP contribution in [0, 0.1) is 5.41 Å². The number of carbonyl (C=O) groups is 1. The quantitative estimate of drug-likeness (QED) is 0.762. The maximum absolute atomic E-state index is 11.9. The zero-order valence-corrected chi connectivity index (χ0v) is 11.3. The average Bonchev–Trinajstić information content (AvgIpc) is 2.18. The van der Waals surface area contributed by atoms with Gasteiger partial charge in [-0.2, -0.15) is 0 Å². The molecule has 1 rings (SSSR count). The second kappa shape index (κ2) is 7.09. The van der Waals surface area contributed by atoms with E-state index in [0.29, 0.717) is 0 Å². The first-order chi connectivity index (χ1) is 7.04. The van der Waals surface area contributed by atoms with Crippen molar-refractivity contribution in [2.45, 2.75) is 19.8 Å². The number of carbonyl (C=O) groups excluding carboxylic acids is 1. The summed E-state index contributed by atoms with van der Waals surface area (Å²) < 4.78 is 0. The lowest BCUT2D eigenvalue weighted by molar-refractivity contribution is -0.131. The molecule has 1 saturated heterocycles. The minimum absolute atomic E-state index is 0. The van der Waals surface area contributed by atoms with Crippen molar-refractivity contribution in [2.75, 3.05) is 40.3 Å². The Kier molecular flexibility index (Phi) is 6.95. The third-order valence-electron chi connectivity index (χ3n) is 2.99. The van der Waals surface area contributed by atoms with E-state index in [1.54, 1.807) is 0 Å². The number of hydrogen-bond donors (Lipinski definition) is 2. The van der Waals surface area contributed by atoms with E-state index in [1.807, 2.05) is 21.0 Å². The van der Waals surface area contributed by atoms with Crippen LogP contribution in [0.1, 0.15) is 19.8 Å². The largest absolute Gasteiger partial charge is 0.354 e. The zero-order chi connectivity index (χ0) is 11.3. The predicted molar refractivity (Wildman–Crippen MR) is 69.0 cm³/mol. The number of amides is 1. The van der Waals surface area contributed by atoms with E-state index in [-0.39, 0.29) is 23.7 Å². The van der Waals surface area contributed by atoms with Gasteiger partial charge >= 0.3 is 0 Å². The molecule has 0 spiro atoms. The molecule has 1 aliphatic rings. The first kappa shape index (κ1) is 15.7. The summed E-state index contributed by atoms with van der Waals surface area (Å²) in [6.45, 7) is 5.53. The summed E-state index contributed by atoms with van der Waals surface area (Å²) in [4.78, 5) is 14.0. The SMILES string of the molecule is CN(C)CCNC(=O)C1(C)CCCNC1.Cl. The minimum atomic E-state index is -0.204. The van der Waals surface area contributed by atoms with Gasteiger partial charge in [-0.25, -0.2) is 0 Å². The summed E-state index contributed by atoms with van der Waals surface area (Å²) in [5.74, 6) is 0.191. The van der Waals surface area contributed by atoms with E-state index in [2.05, 4.69) is 15.5 Å². The number of halogens is 1. The molecule has 2 N–H and O–H groups in total. The summed E-state index contributed by atoms with van der Waals surface area (Å²) in [6, 6.07) is 0. The Morgan fingerprint density at radius 3 is 2.69 bits per heavy atom. The fourth-order valence-electron chi connectivity index (χ4n) is 1.86. The molecule has 1 fully saturated rings. The topological polar surface area (TPSA) is 44.4 Å². The van der Waals surface area contributed by atoms with Gasteiger partial charge in [-0.3, -0.25) is 4.79 Å². The summed E-state index contributed by atoms with van der Waals surface area (Å²) in [7, 11) is 4.02. The van der Waals surface area contributed by atoms with Gasteiger partial charge in [-0.1, -0.05) is 0 Å². The lowest BCUT2D eigenvalue weighted by Crippen LogP contribution is -2.49. The Balaban J connectivity index is 0.00000225. The smallest absolute Gasteiger partial charge is 0.227 e. The lowest BCUT2D eigenvalue weighted by atomic mass is 9.82. The van der Waals surface area contributed by atoms with Crippen molar-refractivity contribution in [3.63, 3.8) is 0 Å². The molecule has 0 bridgehead atoms. The first-order valence-electron chi connectivity index (χ1n) is 5.68. The van der Waals surface area contributed by atoms with Crippen molar-refractivity contribution in [3.05, 3.63) is 0 Å². The fraction of sp³-hybridized carbons (Fsp3) is 0.909. The summed E-state index contributed by atoms with van der Waals surface area (Å²) in [5, 5.41) is 6.29. The molecule has 0 aromatic carbocycles. The molecule has 0 saturated carbocycles. The van der Waals surface area contributed by atoms with Crippen LogP contribution in [0.4, 0.5) is 0 Å². The predicted octanol–water partition coefficient (Wildman–Crippen LogP) is 0.476. The summed E-state index contributed by atoms with van der Waals surface area (Å²) in [5.41, 5.74) is -0.204. The monoisotopic (exact) mass is 249 g/mol. The van der Waals surface area contributed by atoms with E-state index in [4.69, 9.17) is 0 Å². The number of piperidine rings is 1. The van der Waals surface area contributed by atoms with Gasteiger partial charge in [0.15, 0.2) is 0 Å². The van der Waals surface area contributed by atoms with Crippen molar-refractivity contribution < 1.29 is 4.79 Å². The Hall–Kier alpha value is -0.320. The summed E-state index contributed by atoms with van der Waals surface area (Å²) in [6.07, 6.45) is 2.09. The third-order valence-corrected chi connectivity index (χ3v) is 2.99. The van der Waals surface area contributed by atoms with Gasteiger partial charge in [-0.05, 0) is 40.4 Å². The van der Waals surface area contributed by atoms with Crippen molar-refractivity contribution in [1.82, 2.24) is 15.5 Å². The van der Waals surface area contributed by atoms with Gasteiger partial charge in [0.25, 0.3) is 0 Å². The number of nitrogens with one attached hydrogen (secondary N) is 2. The van der Waals surface area contributed by atoms with Crippen molar-refractivity contribution in [1.29, 1.82) is 0 Å². The number of likely N-dealkylation sites (N-methyl/N-ethyl adjacent to an activating group) is 1. The number of hydrogen-bond acceptors (Lipinski definition) is 3. The van der Waals surface area contributed by atoms with Crippen molar-refractivity contribution >= 4 is 18.3 Å². The molecule has 96 valence electrons. The molecule has 0 radical (unpaired) electrons. The van der Waals surface area contributed by atoms with E-state index in [1.165, 1.54) is 0 Å². The molecular weight excluding hydrogens is 226 g/mol. The normalized spacial score (nSPS) is 25.0. The number of rotatable bonds is 4. The maximum atomic E-state index is 11.9. The van der Waals surface area contributed by atoms with Gasteiger partial charge in [0.05, 0.1) is 5.41 Å². The minimum Gasteiger partial charge on any atom is -0.354 e. The second-order valence-corrected chi connectivity index (χ2v) is 4.90. The number of nitrogens with zero attached hydrogens (tertiary/aromatic N) is 1. The van der Waals surface area contributed by atoms with Crippen molar-refractivity contribution in [3.8, 4) is 0 Å². The molecule has 1 aliphatic heterocycles. The van der Waals surface area contributed by atoms with Crippen LogP contribution in [-0.4, -0.2) is 51.1 Å². The van der Waals surface area contributed by atoms with E-state index in [9.17, 15) is 4.79 Å². The van der Waals surface area contributed by atoms with Crippen LogP contribution >= 0.6 is 12.4 Å². The summed E-state index contributed by atoms with van der Waals surface area (Å²) >= 11 is 0. The highest BCUT2D eigenvalue weighted by Gasteiger charge is 2.34. The fourth-order valence-corrected chi connectivity index (χ4v) is 1.86. The maximum Gasteiger partial charge on any atom is 0.227 e. The van der Waals surface area contributed by atoms with E-state index in [0.717, 1.165) is 39.0 Å². The molecule has 4 nitrogen and oxygen atoms in total. The van der Waals surface area contributed by atoms with Crippen LogP contribution in [-0.2, 0) is 4.79 Å². The molecule has 5 heteroatoms. The highest BCUT2D eigenvalue weighted by Crippen LogP contribution is 2.25. The first-order valence-corrected chi connectivity index (χ1v) is 5.68. The van der Waals surface area contributed by atoms with Crippen LogP contribution in [0.5, 0.6) is 0 Å². The van der Waals surface area contributed by atoms with Gasteiger partial charge in [-0.15, -0.1) is 12.4 Å². The van der Waals surface area contributed by atoms with Crippen LogP contribution in [0.3, 0.4) is 0 Å². The molecular formula is C11H24ClN3O. The van der Waals surface area contributed by atoms with Gasteiger partial charge in [0.2, 0.25) is 5.91 Å². The third kappa shape index (κ3) is 4.68. The molecule has 1 heterocycles. The Morgan fingerprint density at radius 2 is 2.19 bits per heavy atom.